The minimum atomic E-state index is -0.347. The Morgan fingerprint density at radius 3 is 2.76 bits per heavy atom. The van der Waals surface area contributed by atoms with Crippen molar-refractivity contribution in [3.63, 3.8) is 0 Å². The van der Waals surface area contributed by atoms with Gasteiger partial charge in [0.15, 0.2) is 0 Å². The first-order chi connectivity index (χ1) is 8.18. The lowest BCUT2D eigenvalue weighted by atomic mass is 9.80. The van der Waals surface area contributed by atoms with Crippen molar-refractivity contribution in [2.75, 3.05) is 0 Å². The first-order valence-corrected chi connectivity index (χ1v) is 6.07. The number of primary amides is 1. The third-order valence-corrected chi connectivity index (χ3v) is 3.35. The van der Waals surface area contributed by atoms with Gasteiger partial charge in [-0.05, 0) is 24.0 Å². The van der Waals surface area contributed by atoms with Gasteiger partial charge in [0, 0.05) is 12.3 Å². The molecule has 1 aliphatic rings. The summed E-state index contributed by atoms with van der Waals surface area (Å²) in [5, 5.41) is 0. The summed E-state index contributed by atoms with van der Waals surface area (Å²) in [6.45, 7) is 0. The van der Waals surface area contributed by atoms with Crippen LogP contribution in [0.25, 0.3) is 0 Å². The maximum Gasteiger partial charge on any atom is 0.221 e. The number of carbonyl (C=O) groups excluding carboxylic acids is 2. The molecule has 1 aromatic carbocycles. The lowest BCUT2D eigenvalue weighted by Gasteiger charge is -2.22. The molecular weight excluding hydrogens is 214 g/mol. The van der Waals surface area contributed by atoms with Gasteiger partial charge in [0.05, 0.1) is 6.42 Å². The van der Waals surface area contributed by atoms with Crippen molar-refractivity contribution in [3.8, 4) is 0 Å². The Kier molecular flexibility index (Phi) is 3.57. The fourth-order valence-corrected chi connectivity index (χ4v) is 2.53. The van der Waals surface area contributed by atoms with Crippen LogP contribution in [0.5, 0.6) is 0 Å². The fourth-order valence-electron chi connectivity index (χ4n) is 2.53. The number of carbonyl (C=O) groups is 2. The molecule has 0 bridgehead atoms. The van der Waals surface area contributed by atoms with Gasteiger partial charge in [-0.2, -0.15) is 0 Å². The monoisotopic (exact) mass is 231 g/mol. The molecule has 0 saturated heterocycles. The van der Waals surface area contributed by atoms with E-state index in [-0.39, 0.29) is 18.2 Å². The van der Waals surface area contributed by atoms with E-state index < -0.39 is 0 Å². The topological polar surface area (TPSA) is 60.2 Å². The van der Waals surface area contributed by atoms with Crippen molar-refractivity contribution in [1.82, 2.24) is 0 Å². The van der Waals surface area contributed by atoms with Gasteiger partial charge < -0.3 is 5.73 Å². The van der Waals surface area contributed by atoms with Gasteiger partial charge in [0.25, 0.3) is 0 Å². The van der Waals surface area contributed by atoms with Crippen LogP contribution in [0.4, 0.5) is 0 Å². The molecule has 1 amide bonds. The standard InChI is InChI=1S/C14H17NO2/c15-14(17)9-10-5-1-2-6-11(10)12-7-3-4-8-13(12)16/h1-2,5-6,12H,3-4,7-9H2,(H2,15,17). The molecule has 1 atom stereocenters. The van der Waals surface area contributed by atoms with Crippen molar-refractivity contribution in [3.05, 3.63) is 35.4 Å². The molecule has 1 aromatic rings. The van der Waals surface area contributed by atoms with E-state index in [9.17, 15) is 9.59 Å². The second-order valence-corrected chi connectivity index (χ2v) is 4.61. The molecule has 1 unspecified atom stereocenters. The summed E-state index contributed by atoms with van der Waals surface area (Å²) in [5.74, 6) is -0.0758. The third kappa shape index (κ3) is 2.73. The Morgan fingerprint density at radius 2 is 2.06 bits per heavy atom. The number of benzene rings is 1. The number of ketones is 1. The zero-order valence-electron chi connectivity index (χ0n) is 9.82. The number of nitrogens with two attached hydrogens (primary N) is 1. The van der Waals surface area contributed by atoms with Crippen molar-refractivity contribution in [2.45, 2.75) is 38.0 Å². The van der Waals surface area contributed by atoms with Crippen LogP contribution in [0.3, 0.4) is 0 Å². The SMILES string of the molecule is NC(=O)Cc1ccccc1C1CCCCC1=O. The van der Waals surface area contributed by atoms with E-state index in [4.69, 9.17) is 5.73 Å². The molecule has 0 aliphatic heterocycles. The highest BCUT2D eigenvalue weighted by Crippen LogP contribution is 2.32. The zero-order valence-corrected chi connectivity index (χ0v) is 9.82. The number of hydrogen-bond acceptors (Lipinski definition) is 2. The van der Waals surface area contributed by atoms with E-state index >= 15 is 0 Å². The summed E-state index contributed by atoms with van der Waals surface area (Å²) in [5.41, 5.74) is 7.13. The van der Waals surface area contributed by atoms with Gasteiger partial charge in [-0.1, -0.05) is 30.7 Å². The van der Waals surface area contributed by atoms with Crippen molar-refractivity contribution in [2.24, 2.45) is 5.73 Å². The fraction of sp³-hybridized carbons (Fsp3) is 0.429. The van der Waals surface area contributed by atoms with Crippen LogP contribution in [0.2, 0.25) is 0 Å². The molecule has 0 heterocycles. The van der Waals surface area contributed by atoms with Crippen LogP contribution in [0, 0.1) is 0 Å². The lowest BCUT2D eigenvalue weighted by molar-refractivity contribution is -0.122. The second-order valence-electron chi connectivity index (χ2n) is 4.61. The summed E-state index contributed by atoms with van der Waals surface area (Å²) >= 11 is 0. The van der Waals surface area contributed by atoms with Gasteiger partial charge >= 0.3 is 0 Å². The van der Waals surface area contributed by atoms with Gasteiger partial charge in [0.1, 0.15) is 5.78 Å². The van der Waals surface area contributed by atoms with E-state index in [0.717, 1.165) is 30.4 Å². The van der Waals surface area contributed by atoms with Crippen LogP contribution in [0.15, 0.2) is 24.3 Å². The maximum atomic E-state index is 11.9. The van der Waals surface area contributed by atoms with Crippen molar-refractivity contribution < 1.29 is 9.59 Å². The van der Waals surface area contributed by atoms with Crippen LogP contribution < -0.4 is 5.73 Å². The molecule has 1 saturated carbocycles. The van der Waals surface area contributed by atoms with E-state index in [2.05, 4.69) is 0 Å². The first-order valence-electron chi connectivity index (χ1n) is 6.07. The second kappa shape index (κ2) is 5.13. The molecule has 17 heavy (non-hydrogen) atoms. The van der Waals surface area contributed by atoms with Crippen molar-refractivity contribution in [1.29, 1.82) is 0 Å². The molecule has 0 spiro atoms. The number of rotatable bonds is 3. The van der Waals surface area contributed by atoms with Crippen LogP contribution in [-0.2, 0) is 16.0 Å². The third-order valence-electron chi connectivity index (χ3n) is 3.35. The normalized spacial score (nSPS) is 20.2. The average molecular weight is 231 g/mol. The number of amides is 1. The van der Waals surface area contributed by atoms with Gasteiger partial charge in [-0.3, -0.25) is 9.59 Å². The smallest absolute Gasteiger partial charge is 0.221 e. The zero-order chi connectivity index (χ0) is 12.3. The summed E-state index contributed by atoms with van der Waals surface area (Å²) in [6.07, 6.45) is 3.86. The highest BCUT2D eigenvalue weighted by molar-refractivity contribution is 5.87. The lowest BCUT2D eigenvalue weighted by Crippen LogP contribution is -2.21. The van der Waals surface area contributed by atoms with Crippen LogP contribution in [-0.4, -0.2) is 11.7 Å². The van der Waals surface area contributed by atoms with Crippen LogP contribution in [0.1, 0.15) is 42.7 Å². The minimum Gasteiger partial charge on any atom is -0.369 e. The molecule has 3 nitrogen and oxygen atoms in total. The van der Waals surface area contributed by atoms with Crippen LogP contribution >= 0.6 is 0 Å². The predicted molar refractivity (Wildman–Crippen MR) is 65.6 cm³/mol. The molecule has 1 fully saturated rings. The Bertz CT molecular complexity index is 440. The summed E-state index contributed by atoms with van der Waals surface area (Å²) < 4.78 is 0. The summed E-state index contributed by atoms with van der Waals surface area (Å²) in [4.78, 5) is 22.9. The highest BCUT2D eigenvalue weighted by atomic mass is 16.1. The van der Waals surface area contributed by atoms with Gasteiger partial charge in [0.2, 0.25) is 5.91 Å². The molecule has 0 aromatic heterocycles. The van der Waals surface area contributed by atoms with E-state index in [0.29, 0.717) is 12.2 Å². The first kappa shape index (κ1) is 11.8. The molecule has 1 aliphatic carbocycles. The van der Waals surface area contributed by atoms with E-state index in [1.165, 1.54) is 0 Å². The Balaban J connectivity index is 2.30. The van der Waals surface area contributed by atoms with Gasteiger partial charge in [-0.25, -0.2) is 0 Å². The minimum absolute atomic E-state index is 0.0284. The molecular formula is C14H17NO2. The molecule has 2 N–H and O–H groups in total. The molecule has 2 rings (SSSR count). The van der Waals surface area contributed by atoms with Crippen molar-refractivity contribution >= 4 is 11.7 Å². The maximum absolute atomic E-state index is 11.9. The largest absolute Gasteiger partial charge is 0.369 e. The Labute approximate surface area is 101 Å². The van der Waals surface area contributed by atoms with E-state index in [1.807, 2.05) is 24.3 Å². The summed E-state index contributed by atoms with van der Waals surface area (Å²) in [7, 11) is 0. The summed E-state index contributed by atoms with van der Waals surface area (Å²) in [6, 6.07) is 7.64. The number of Topliss-reactive ketones (excluding diaryl/α,β-unsaturated/α-hetero) is 1. The quantitative estimate of drug-likeness (QED) is 0.864. The molecule has 3 heteroatoms. The Morgan fingerprint density at radius 1 is 1.29 bits per heavy atom. The highest BCUT2D eigenvalue weighted by Gasteiger charge is 2.25. The number of hydrogen-bond donors (Lipinski definition) is 1. The molecule has 0 radical (unpaired) electrons. The Hall–Kier alpha value is -1.64. The average Bonchev–Trinajstić information content (AvgIpc) is 2.30. The van der Waals surface area contributed by atoms with Gasteiger partial charge in [-0.15, -0.1) is 0 Å². The van der Waals surface area contributed by atoms with E-state index in [1.54, 1.807) is 0 Å². The molecule has 90 valence electrons. The predicted octanol–water partition coefficient (Wildman–Crippen LogP) is 1.94.